The number of rotatable bonds is 1. The summed E-state index contributed by atoms with van der Waals surface area (Å²) in [6, 6.07) is 0. The Morgan fingerprint density at radius 3 is 2.07 bits per heavy atom. The van der Waals surface area contributed by atoms with E-state index in [4.69, 9.17) is 28.3 Å². The second-order valence-electron chi connectivity index (χ2n) is 2.91. The fourth-order valence-electron chi connectivity index (χ4n) is 1.21. The Bertz CT molecular complexity index is 384. The van der Waals surface area contributed by atoms with Crippen molar-refractivity contribution < 1.29 is 15.0 Å². The number of phenols is 1. The Labute approximate surface area is 90.9 Å². The van der Waals surface area contributed by atoms with Crippen LogP contribution in [-0.2, 0) is 0 Å². The lowest BCUT2D eigenvalue weighted by atomic mass is 10.0. The minimum Gasteiger partial charge on any atom is -0.505 e. The number of aromatic hydroxyl groups is 1. The first kappa shape index (κ1) is 11.1. The molecule has 0 spiro atoms. The molecule has 0 aliphatic carbocycles. The summed E-state index contributed by atoms with van der Waals surface area (Å²) in [5.74, 6) is -1.68. The van der Waals surface area contributed by atoms with Gasteiger partial charge in [-0.1, -0.05) is 23.2 Å². The zero-order valence-corrected chi connectivity index (χ0v) is 9.07. The Morgan fingerprint density at radius 1 is 1.14 bits per heavy atom. The third-order valence-electron chi connectivity index (χ3n) is 2.02. The van der Waals surface area contributed by atoms with Crippen LogP contribution in [0.5, 0.6) is 5.75 Å². The Kier molecular flexibility index (Phi) is 2.92. The van der Waals surface area contributed by atoms with Gasteiger partial charge in [0.05, 0.1) is 5.02 Å². The van der Waals surface area contributed by atoms with Gasteiger partial charge in [-0.05, 0) is 25.0 Å². The van der Waals surface area contributed by atoms with Crippen LogP contribution in [0.4, 0.5) is 0 Å². The van der Waals surface area contributed by atoms with Gasteiger partial charge in [-0.15, -0.1) is 0 Å². The predicted octanol–water partition coefficient (Wildman–Crippen LogP) is 3.01. The summed E-state index contributed by atoms with van der Waals surface area (Å²) in [6.45, 7) is 3.14. The molecular weight excluding hydrogens is 227 g/mol. The van der Waals surface area contributed by atoms with Crippen LogP contribution < -0.4 is 0 Å². The van der Waals surface area contributed by atoms with E-state index in [1.54, 1.807) is 6.92 Å². The highest BCUT2D eigenvalue weighted by Gasteiger charge is 2.21. The Hall–Kier alpha value is -0.930. The van der Waals surface area contributed by atoms with Gasteiger partial charge in [0.1, 0.15) is 11.3 Å². The third kappa shape index (κ3) is 1.53. The first-order valence-electron chi connectivity index (χ1n) is 3.78. The number of carboxylic acids is 1. The molecule has 1 rings (SSSR count). The molecule has 5 heteroatoms. The third-order valence-corrected chi connectivity index (χ3v) is 3.05. The zero-order valence-electron chi connectivity index (χ0n) is 7.56. The van der Waals surface area contributed by atoms with Gasteiger partial charge >= 0.3 is 5.97 Å². The maximum absolute atomic E-state index is 10.8. The van der Waals surface area contributed by atoms with Crippen molar-refractivity contribution >= 4 is 29.2 Å². The van der Waals surface area contributed by atoms with Crippen LogP contribution in [0.15, 0.2) is 0 Å². The summed E-state index contributed by atoms with van der Waals surface area (Å²) in [7, 11) is 0. The number of carbonyl (C=O) groups is 1. The molecule has 0 atom stereocenters. The van der Waals surface area contributed by atoms with E-state index >= 15 is 0 Å². The number of halogens is 2. The van der Waals surface area contributed by atoms with Crippen molar-refractivity contribution in [2.45, 2.75) is 13.8 Å². The quantitative estimate of drug-likeness (QED) is 0.786. The van der Waals surface area contributed by atoms with Gasteiger partial charge in [0.2, 0.25) is 0 Å². The maximum atomic E-state index is 10.8. The lowest BCUT2D eigenvalue weighted by Crippen LogP contribution is -2.02. The van der Waals surface area contributed by atoms with Gasteiger partial charge in [-0.2, -0.15) is 0 Å². The van der Waals surface area contributed by atoms with Gasteiger partial charge < -0.3 is 10.2 Å². The molecule has 0 heterocycles. The lowest BCUT2D eigenvalue weighted by Gasteiger charge is -2.11. The molecule has 0 amide bonds. The minimum atomic E-state index is -1.25. The number of carboxylic acid groups (broad SMARTS) is 1. The van der Waals surface area contributed by atoms with E-state index < -0.39 is 11.7 Å². The van der Waals surface area contributed by atoms with Gasteiger partial charge in [-0.25, -0.2) is 4.79 Å². The fourth-order valence-corrected chi connectivity index (χ4v) is 1.64. The lowest BCUT2D eigenvalue weighted by molar-refractivity contribution is 0.0693. The molecule has 2 N–H and O–H groups in total. The predicted molar refractivity (Wildman–Crippen MR) is 54.6 cm³/mol. The van der Waals surface area contributed by atoms with Crippen LogP contribution in [0, 0.1) is 13.8 Å². The molecule has 0 saturated heterocycles. The standard InChI is InChI=1S/C9H8Cl2O3/c1-3-5(9(13)14)8(12)7(11)4(2)6(3)10/h12H,1-2H3,(H,13,14). The molecule has 3 nitrogen and oxygen atoms in total. The number of hydrogen-bond acceptors (Lipinski definition) is 2. The topological polar surface area (TPSA) is 57.5 Å². The summed E-state index contributed by atoms with van der Waals surface area (Å²) in [5, 5.41) is 18.5. The van der Waals surface area contributed by atoms with Crippen molar-refractivity contribution in [3.63, 3.8) is 0 Å². The first-order valence-corrected chi connectivity index (χ1v) is 4.54. The van der Waals surface area contributed by atoms with Crippen LogP contribution in [0.3, 0.4) is 0 Å². The Morgan fingerprint density at radius 2 is 1.64 bits per heavy atom. The smallest absolute Gasteiger partial charge is 0.339 e. The van der Waals surface area contributed by atoms with E-state index in [9.17, 15) is 9.90 Å². The van der Waals surface area contributed by atoms with E-state index in [0.717, 1.165) is 0 Å². The SMILES string of the molecule is Cc1c(Cl)c(C)c(C(=O)O)c(O)c1Cl. The molecule has 76 valence electrons. The molecule has 0 fully saturated rings. The maximum Gasteiger partial charge on any atom is 0.339 e. The largest absolute Gasteiger partial charge is 0.505 e. The molecule has 0 saturated carbocycles. The summed E-state index contributed by atoms with van der Waals surface area (Å²) in [5.41, 5.74) is 0.553. The highest BCUT2D eigenvalue weighted by atomic mass is 35.5. The molecule has 14 heavy (non-hydrogen) atoms. The highest BCUT2D eigenvalue weighted by molar-refractivity contribution is 6.38. The van der Waals surface area contributed by atoms with Gasteiger partial charge in [0, 0.05) is 5.02 Å². The van der Waals surface area contributed by atoms with E-state index in [0.29, 0.717) is 11.1 Å². The highest BCUT2D eigenvalue weighted by Crippen LogP contribution is 2.38. The molecular formula is C9H8Cl2O3. The molecule has 0 radical (unpaired) electrons. The van der Waals surface area contributed by atoms with Gasteiger partial charge in [0.15, 0.2) is 0 Å². The average Bonchev–Trinajstić information content (AvgIpc) is 2.11. The van der Waals surface area contributed by atoms with Gasteiger partial charge in [0.25, 0.3) is 0 Å². The van der Waals surface area contributed by atoms with E-state index in [1.165, 1.54) is 6.92 Å². The van der Waals surface area contributed by atoms with Crippen LogP contribution in [-0.4, -0.2) is 16.2 Å². The summed E-state index contributed by atoms with van der Waals surface area (Å²) in [6.07, 6.45) is 0. The molecule has 0 aliphatic rings. The summed E-state index contributed by atoms with van der Waals surface area (Å²) in [4.78, 5) is 10.8. The first-order chi connectivity index (χ1) is 6.37. The second-order valence-corrected chi connectivity index (χ2v) is 3.66. The molecule has 0 aliphatic heterocycles. The van der Waals surface area contributed by atoms with Gasteiger partial charge in [-0.3, -0.25) is 0 Å². The van der Waals surface area contributed by atoms with Crippen LogP contribution in [0.25, 0.3) is 0 Å². The van der Waals surface area contributed by atoms with Crippen molar-refractivity contribution in [1.29, 1.82) is 0 Å². The van der Waals surface area contributed by atoms with Crippen molar-refractivity contribution in [2.75, 3.05) is 0 Å². The van der Waals surface area contributed by atoms with E-state index in [-0.39, 0.29) is 15.6 Å². The van der Waals surface area contributed by atoms with Crippen LogP contribution in [0.2, 0.25) is 10.0 Å². The monoisotopic (exact) mass is 234 g/mol. The Balaban J connectivity index is 3.68. The van der Waals surface area contributed by atoms with Crippen molar-refractivity contribution in [3.8, 4) is 5.75 Å². The van der Waals surface area contributed by atoms with Crippen LogP contribution >= 0.6 is 23.2 Å². The number of hydrogen-bond donors (Lipinski definition) is 2. The molecule has 0 unspecified atom stereocenters. The fraction of sp³-hybridized carbons (Fsp3) is 0.222. The number of aromatic carboxylic acids is 1. The number of benzene rings is 1. The van der Waals surface area contributed by atoms with Crippen molar-refractivity contribution in [1.82, 2.24) is 0 Å². The van der Waals surface area contributed by atoms with Crippen molar-refractivity contribution in [3.05, 3.63) is 26.7 Å². The summed E-state index contributed by atoms with van der Waals surface area (Å²) < 4.78 is 0. The zero-order chi connectivity index (χ0) is 11.0. The summed E-state index contributed by atoms with van der Waals surface area (Å²) >= 11 is 11.6. The molecule has 1 aromatic rings. The second kappa shape index (κ2) is 3.67. The van der Waals surface area contributed by atoms with E-state index in [1.807, 2.05) is 0 Å². The molecule has 0 aromatic heterocycles. The van der Waals surface area contributed by atoms with E-state index in [2.05, 4.69) is 0 Å². The minimum absolute atomic E-state index is 0.0157. The molecule has 0 bridgehead atoms. The molecule has 1 aromatic carbocycles. The normalized spacial score (nSPS) is 10.3. The average molecular weight is 235 g/mol. The van der Waals surface area contributed by atoms with Crippen molar-refractivity contribution in [2.24, 2.45) is 0 Å². The van der Waals surface area contributed by atoms with Crippen LogP contribution in [0.1, 0.15) is 21.5 Å².